The highest BCUT2D eigenvalue weighted by molar-refractivity contribution is 7.99. The molecule has 0 aliphatic carbocycles. The second-order valence-electron chi connectivity index (χ2n) is 10.6. The molecule has 0 radical (unpaired) electrons. The quantitative estimate of drug-likeness (QED) is 0.301. The van der Waals surface area contributed by atoms with Gasteiger partial charge in [0.25, 0.3) is 0 Å². The van der Waals surface area contributed by atoms with Gasteiger partial charge in [0.15, 0.2) is 11.0 Å². The number of benzene rings is 2. The van der Waals surface area contributed by atoms with Crippen LogP contribution in [-0.4, -0.2) is 74.9 Å². The molecule has 1 atom stereocenters. The van der Waals surface area contributed by atoms with Crippen LogP contribution >= 0.6 is 11.8 Å². The van der Waals surface area contributed by atoms with Gasteiger partial charge in [-0.05, 0) is 37.6 Å². The molecule has 3 aromatic rings. The van der Waals surface area contributed by atoms with Crippen molar-refractivity contribution in [1.29, 1.82) is 0 Å². The number of methoxy groups -OCH3 is 1. The van der Waals surface area contributed by atoms with Crippen molar-refractivity contribution in [2.75, 3.05) is 32.5 Å². The summed E-state index contributed by atoms with van der Waals surface area (Å²) >= 11 is 1.60. The molecule has 202 valence electrons. The van der Waals surface area contributed by atoms with E-state index in [-0.39, 0.29) is 17.9 Å². The van der Waals surface area contributed by atoms with Crippen LogP contribution in [0.3, 0.4) is 0 Å². The van der Waals surface area contributed by atoms with Gasteiger partial charge in [0.05, 0.1) is 7.11 Å². The van der Waals surface area contributed by atoms with E-state index in [1.54, 1.807) is 18.9 Å². The fourth-order valence-corrected chi connectivity index (χ4v) is 5.47. The van der Waals surface area contributed by atoms with E-state index in [9.17, 15) is 9.59 Å². The summed E-state index contributed by atoms with van der Waals surface area (Å²) in [5.41, 5.74) is 1.48. The minimum atomic E-state index is -0.412. The predicted octanol–water partition coefficient (Wildman–Crippen LogP) is 4.92. The summed E-state index contributed by atoms with van der Waals surface area (Å²) in [7, 11) is 1.65. The zero-order valence-electron chi connectivity index (χ0n) is 22.9. The second-order valence-corrected chi connectivity index (χ2v) is 11.7. The van der Waals surface area contributed by atoms with Crippen LogP contribution in [0.4, 0.5) is 0 Å². The maximum Gasteiger partial charge on any atom is 0.228 e. The molecular formula is C29H37N5O3S. The number of amides is 2. The first-order valence-corrected chi connectivity index (χ1v) is 14.0. The Morgan fingerprint density at radius 3 is 2.50 bits per heavy atom. The van der Waals surface area contributed by atoms with Crippen LogP contribution in [-0.2, 0) is 9.59 Å². The number of para-hydroxylation sites is 1. The molecular weight excluding hydrogens is 498 g/mol. The van der Waals surface area contributed by atoms with E-state index in [2.05, 4.69) is 10.2 Å². The van der Waals surface area contributed by atoms with Crippen molar-refractivity contribution in [2.45, 2.75) is 51.7 Å². The summed E-state index contributed by atoms with van der Waals surface area (Å²) in [5, 5.41) is 9.77. The lowest BCUT2D eigenvalue weighted by Gasteiger charge is -2.42. The lowest BCUT2D eigenvalue weighted by atomic mass is 9.93. The van der Waals surface area contributed by atoms with Gasteiger partial charge in [-0.15, -0.1) is 10.2 Å². The molecule has 1 unspecified atom stereocenters. The third-order valence-electron chi connectivity index (χ3n) is 6.62. The largest absolute Gasteiger partial charge is 0.497 e. The summed E-state index contributed by atoms with van der Waals surface area (Å²) in [6, 6.07) is 17.9. The van der Waals surface area contributed by atoms with Crippen LogP contribution in [0, 0.1) is 5.41 Å². The molecule has 1 fully saturated rings. The van der Waals surface area contributed by atoms with Gasteiger partial charge in [-0.1, -0.05) is 62.9 Å². The van der Waals surface area contributed by atoms with Crippen LogP contribution in [0.15, 0.2) is 59.8 Å². The Balaban J connectivity index is 1.38. The van der Waals surface area contributed by atoms with E-state index in [0.29, 0.717) is 26.1 Å². The summed E-state index contributed by atoms with van der Waals surface area (Å²) < 4.78 is 7.45. The third-order valence-corrected chi connectivity index (χ3v) is 7.64. The van der Waals surface area contributed by atoms with Gasteiger partial charge in [-0.25, -0.2) is 0 Å². The van der Waals surface area contributed by atoms with Crippen molar-refractivity contribution in [3.63, 3.8) is 0 Å². The molecule has 2 heterocycles. The van der Waals surface area contributed by atoms with Crippen molar-refractivity contribution in [2.24, 2.45) is 5.41 Å². The standard InChI is InChI=1S/C29H37N5O3S/c1-21-20-32(16-17-33(21)27(36)29(2,3)4)25(35)15-10-18-38-28-31-30-26(22-11-9-14-24(19-22)37-5)34(28)23-12-7-6-8-13-23/h6-9,11-14,19,21H,10,15-18,20H2,1-5H3. The minimum absolute atomic E-state index is 0.0215. The Kier molecular flexibility index (Phi) is 8.76. The number of carbonyl (C=O) groups is 2. The van der Waals surface area contributed by atoms with Gasteiger partial charge in [-0.3, -0.25) is 14.2 Å². The average Bonchev–Trinajstić information content (AvgIpc) is 3.34. The van der Waals surface area contributed by atoms with Gasteiger partial charge in [0.2, 0.25) is 11.8 Å². The number of nitrogens with zero attached hydrogens (tertiary/aromatic N) is 5. The lowest BCUT2D eigenvalue weighted by Crippen LogP contribution is -2.57. The summed E-state index contributed by atoms with van der Waals surface area (Å²) in [6.45, 7) is 9.60. The molecule has 1 aliphatic rings. The van der Waals surface area contributed by atoms with Crippen LogP contribution in [0.5, 0.6) is 5.75 Å². The topological polar surface area (TPSA) is 80.6 Å². The first kappa shape index (κ1) is 27.7. The first-order chi connectivity index (χ1) is 18.2. The Labute approximate surface area is 229 Å². The molecule has 2 aromatic carbocycles. The van der Waals surface area contributed by atoms with Crippen molar-refractivity contribution >= 4 is 23.6 Å². The number of carbonyl (C=O) groups excluding carboxylic acids is 2. The SMILES string of the molecule is COc1cccc(-c2nnc(SCCCC(=O)N3CCN(C(=O)C(C)(C)C)C(C)C3)n2-c2ccccc2)c1. The van der Waals surface area contributed by atoms with Crippen LogP contribution < -0.4 is 4.74 Å². The Bertz CT molecular complexity index is 1250. The van der Waals surface area contributed by atoms with Crippen molar-refractivity contribution in [3.05, 3.63) is 54.6 Å². The number of rotatable bonds is 8. The summed E-state index contributed by atoms with van der Waals surface area (Å²) in [6.07, 6.45) is 1.20. The summed E-state index contributed by atoms with van der Waals surface area (Å²) in [5.74, 6) is 2.53. The molecule has 1 saturated heterocycles. The molecule has 2 amide bonds. The predicted molar refractivity (Wildman–Crippen MR) is 151 cm³/mol. The van der Waals surface area contributed by atoms with Crippen molar-refractivity contribution in [1.82, 2.24) is 24.6 Å². The van der Waals surface area contributed by atoms with E-state index in [0.717, 1.165) is 40.2 Å². The third kappa shape index (κ3) is 6.38. The number of hydrogen-bond donors (Lipinski definition) is 0. The normalized spacial score (nSPS) is 16.0. The highest BCUT2D eigenvalue weighted by Crippen LogP contribution is 2.30. The first-order valence-electron chi connectivity index (χ1n) is 13.1. The number of hydrogen-bond acceptors (Lipinski definition) is 6. The molecule has 8 nitrogen and oxygen atoms in total. The van der Waals surface area contributed by atoms with E-state index < -0.39 is 5.41 Å². The zero-order chi connectivity index (χ0) is 27.3. The Morgan fingerprint density at radius 1 is 1.05 bits per heavy atom. The highest BCUT2D eigenvalue weighted by atomic mass is 32.2. The summed E-state index contributed by atoms with van der Waals surface area (Å²) in [4.78, 5) is 29.5. The minimum Gasteiger partial charge on any atom is -0.497 e. The smallest absolute Gasteiger partial charge is 0.228 e. The van der Waals surface area contributed by atoms with Crippen LogP contribution in [0.1, 0.15) is 40.5 Å². The lowest BCUT2D eigenvalue weighted by molar-refractivity contribution is -0.148. The maximum absolute atomic E-state index is 12.9. The monoisotopic (exact) mass is 535 g/mol. The zero-order valence-corrected chi connectivity index (χ0v) is 23.7. The molecule has 0 N–H and O–H groups in total. The molecule has 1 aromatic heterocycles. The Hall–Kier alpha value is -3.33. The van der Waals surface area contributed by atoms with Crippen molar-refractivity contribution in [3.8, 4) is 22.8 Å². The highest BCUT2D eigenvalue weighted by Gasteiger charge is 2.34. The number of piperazine rings is 1. The van der Waals surface area contributed by atoms with Crippen LogP contribution in [0.25, 0.3) is 17.1 Å². The van der Waals surface area contributed by atoms with Gasteiger partial charge in [0.1, 0.15) is 5.75 Å². The number of ether oxygens (including phenoxy) is 1. The van der Waals surface area contributed by atoms with E-state index in [4.69, 9.17) is 4.74 Å². The van der Waals surface area contributed by atoms with E-state index in [1.165, 1.54) is 0 Å². The Morgan fingerprint density at radius 2 is 1.82 bits per heavy atom. The van der Waals surface area contributed by atoms with Gasteiger partial charge in [-0.2, -0.15) is 0 Å². The molecule has 0 bridgehead atoms. The second kappa shape index (κ2) is 12.0. The molecule has 0 saturated carbocycles. The molecule has 0 spiro atoms. The van der Waals surface area contributed by atoms with Gasteiger partial charge >= 0.3 is 0 Å². The fourth-order valence-electron chi connectivity index (χ4n) is 4.58. The number of aromatic nitrogens is 3. The average molecular weight is 536 g/mol. The molecule has 4 rings (SSSR count). The number of thioether (sulfide) groups is 1. The van der Waals surface area contributed by atoms with Crippen LogP contribution in [0.2, 0.25) is 0 Å². The van der Waals surface area contributed by atoms with E-state index >= 15 is 0 Å². The molecule has 9 heteroatoms. The molecule has 1 aliphatic heterocycles. The van der Waals surface area contributed by atoms with Crippen molar-refractivity contribution < 1.29 is 14.3 Å². The fraction of sp³-hybridized carbons (Fsp3) is 0.448. The van der Waals surface area contributed by atoms with E-state index in [1.807, 2.05) is 96.7 Å². The molecule has 38 heavy (non-hydrogen) atoms. The maximum atomic E-state index is 12.9. The van der Waals surface area contributed by atoms with Gasteiger partial charge in [0, 0.05) is 54.5 Å². The van der Waals surface area contributed by atoms with Gasteiger partial charge < -0.3 is 14.5 Å².